The summed E-state index contributed by atoms with van der Waals surface area (Å²) in [7, 11) is 0. The molecule has 1 aliphatic rings. The summed E-state index contributed by atoms with van der Waals surface area (Å²) in [6.45, 7) is 0. The molecule has 22 heavy (non-hydrogen) atoms. The number of ether oxygens (including phenoxy) is 2. The maximum atomic E-state index is 13.9. The lowest BCUT2D eigenvalue weighted by Crippen LogP contribution is -2.64. The quantitative estimate of drug-likeness (QED) is 0.194. The van der Waals surface area contributed by atoms with Gasteiger partial charge in [0.15, 0.2) is 0 Å². The predicted molar refractivity (Wildman–Crippen MR) is 50.8 cm³/mol. The van der Waals surface area contributed by atoms with Gasteiger partial charge in [-0.25, -0.2) is 4.79 Å². The van der Waals surface area contributed by atoms with Crippen molar-refractivity contribution in [3.8, 4) is 0 Å². The van der Waals surface area contributed by atoms with Crippen LogP contribution in [0.4, 0.5) is 13.6 Å². The second-order valence-corrected chi connectivity index (χ2v) is 3.63. The molecule has 1 fully saturated rings. The first kappa shape index (κ1) is 16.8. The minimum absolute atomic E-state index is 2.20. The zero-order valence-corrected chi connectivity index (χ0v) is 9.69. The molecule has 122 valence electrons. The number of cyclic esters (lactones) is 2. The average Bonchev–Trinajstić information content (AvgIpc) is 2.78. The predicted octanol–water partition coefficient (Wildman–Crippen LogP) is -0.756. The normalized spacial score (nSPS) is 21.6. The van der Waals surface area contributed by atoms with Gasteiger partial charge in [-0.3, -0.25) is 40.5 Å². The van der Waals surface area contributed by atoms with Crippen molar-refractivity contribution in [3.63, 3.8) is 0 Å². The zero-order valence-electron chi connectivity index (χ0n) is 9.69. The van der Waals surface area contributed by atoms with Crippen molar-refractivity contribution >= 4 is 6.16 Å². The first-order valence-electron chi connectivity index (χ1n) is 4.73. The van der Waals surface area contributed by atoms with Crippen LogP contribution in [0.3, 0.4) is 0 Å². The molecule has 1 heterocycles. The highest BCUT2D eigenvalue weighted by atomic mass is 19.2. The molecule has 0 aliphatic carbocycles. The van der Waals surface area contributed by atoms with E-state index in [0.717, 1.165) is 0 Å². The number of alkyl halides is 2. The molecule has 0 aromatic heterocycles. The number of rotatable bonds is 6. The number of halogens is 2. The maximum Gasteiger partial charge on any atom is 0.656 e. The monoisotopic (exact) mass is 332 g/mol. The van der Waals surface area contributed by atoms with Crippen LogP contribution >= 0.6 is 0 Å². The molecule has 0 radical (unpaired) electrons. The smallest absolute Gasteiger partial charge is 0.406 e. The minimum atomic E-state index is -5.01. The molecular formula is C5H2F2N4O11. The molecule has 0 aromatic rings. The largest absolute Gasteiger partial charge is 0.656 e. The van der Waals surface area contributed by atoms with Gasteiger partial charge in [0, 0.05) is 0 Å². The van der Waals surface area contributed by atoms with E-state index in [0.29, 0.717) is 0 Å². The van der Waals surface area contributed by atoms with E-state index in [4.69, 9.17) is 0 Å². The highest BCUT2D eigenvalue weighted by molar-refractivity contribution is 5.62. The third-order valence-electron chi connectivity index (χ3n) is 2.47. The fourth-order valence-corrected chi connectivity index (χ4v) is 1.44. The van der Waals surface area contributed by atoms with Gasteiger partial charge < -0.3 is 9.47 Å². The van der Waals surface area contributed by atoms with E-state index < -0.39 is 49.9 Å². The molecule has 17 heteroatoms. The Labute approximate surface area is 115 Å². The fraction of sp³-hybridized carbons (Fsp3) is 0.800. The van der Waals surface area contributed by atoms with Crippen molar-refractivity contribution in [2.45, 2.75) is 24.0 Å². The molecule has 0 amide bonds. The number of hydrogen-bond donors (Lipinski definition) is 0. The van der Waals surface area contributed by atoms with Crippen LogP contribution in [-0.4, -0.2) is 49.9 Å². The first-order chi connectivity index (χ1) is 9.89. The van der Waals surface area contributed by atoms with Crippen molar-refractivity contribution in [3.05, 3.63) is 40.5 Å². The average molecular weight is 332 g/mol. The van der Waals surface area contributed by atoms with E-state index in [1.807, 2.05) is 0 Å². The fourth-order valence-electron chi connectivity index (χ4n) is 1.44. The van der Waals surface area contributed by atoms with E-state index in [2.05, 4.69) is 9.47 Å². The molecule has 15 nitrogen and oxygen atoms in total. The van der Waals surface area contributed by atoms with Crippen LogP contribution < -0.4 is 0 Å². The van der Waals surface area contributed by atoms with E-state index in [1.165, 1.54) is 0 Å². The molecule has 1 saturated heterocycles. The Kier molecular flexibility index (Phi) is 3.76. The number of nitro groups is 4. The summed E-state index contributed by atoms with van der Waals surface area (Å²) in [4.78, 5) is 43.3. The summed E-state index contributed by atoms with van der Waals surface area (Å²) in [5, 5.41) is 41.8. The van der Waals surface area contributed by atoms with Gasteiger partial charge in [0.25, 0.3) is 0 Å². The van der Waals surface area contributed by atoms with Crippen LogP contribution in [0.25, 0.3) is 0 Å². The lowest BCUT2D eigenvalue weighted by molar-refractivity contribution is -0.861. The standard InChI is InChI=1S/C5H2F2N4O11/c6-4(8(13)14,9(15)16)1-2(22-3(12)21-1)5(7,10(17)18)11(19)20/h1-2H/t1-,2+. The van der Waals surface area contributed by atoms with Crippen LogP contribution in [-0.2, 0) is 9.47 Å². The SMILES string of the molecule is O=C1O[C@@H](C(F)([N+](=O)[O-])[N+](=O)[O-])[C@@H](C(F)([N+](=O)[O-])[N+](=O)[O-])O1. The minimum Gasteiger partial charge on any atom is -0.406 e. The Bertz CT molecular complexity index is 503. The summed E-state index contributed by atoms with van der Waals surface area (Å²) in [5.41, 5.74) is 0. The summed E-state index contributed by atoms with van der Waals surface area (Å²) >= 11 is 0. The molecule has 0 bridgehead atoms. The second-order valence-electron chi connectivity index (χ2n) is 3.63. The summed E-state index contributed by atoms with van der Waals surface area (Å²) in [5.74, 6) is -10.0. The van der Waals surface area contributed by atoms with Crippen LogP contribution in [0.1, 0.15) is 0 Å². The molecule has 0 aromatic carbocycles. The summed E-state index contributed by atoms with van der Waals surface area (Å²) in [6.07, 6.45) is -9.25. The Hall–Kier alpha value is -3.27. The second kappa shape index (κ2) is 4.93. The molecule has 0 unspecified atom stereocenters. The maximum absolute atomic E-state index is 13.9. The van der Waals surface area contributed by atoms with E-state index >= 15 is 0 Å². The van der Waals surface area contributed by atoms with Crippen molar-refractivity contribution in [1.82, 2.24) is 0 Å². The molecule has 0 N–H and O–H groups in total. The highest BCUT2D eigenvalue weighted by Crippen LogP contribution is 2.37. The molecule has 0 saturated carbocycles. The molecular weight excluding hydrogens is 330 g/mol. The van der Waals surface area contributed by atoms with Gasteiger partial charge in [0.2, 0.25) is 0 Å². The van der Waals surface area contributed by atoms with Crippen molar-refractivity contribution in [2.24, 2.45) is 0 Å². The van der Waals surface area contributed by atoms with Crippen LogP contribution in [0.5, 0.6) is 0 Å². The van der Waals surface area contributed by atoms with Gasteiger partial charge in [0.1, 0.15) is 19.7 Å². The number of hydrogen-bond acceptors (Lipinski definition) is 11. The third kappa shape index (κ3) is 2.07. The number of nitrogens with zero attached hydrogens (tertiary/aromatic N) is 4. The first-order valence-corrected chi connectivity index (χ1v) is 4.73. The van der Waals surface area contributed by atoms with Gasteiger partial charge in [-0.2, -0.15) is 0 Å². The summed E-state index contributed by atoms with van der Waals surface area (Å²) < 4.78 is 35.0. The molecule has 0 spiro atoms. The Morgan fingerprint density at radius 3 is 1.18 bits per heavy atom. The number of carbonyl (C=O) groups excluding carboxylic acids is 1. The van der Waals surface area contributed by atoms with Gasteiger partial charge in [-0.1, -0.05) is 8.78 Å². The third-order valence-corrected chi connectivity index (χ3v) is 2.47. The Balaban J connectivity index is 3.50. The Morgan fingerprint density at radius 1 is 0.773 bits per heavy atom. The van der Waals surface area contributed by atoms with E-state index in [1.54, 1.807) is 0 Å². The van der Waals surface area contributed by atoms with Gasteiger partial charge in [-0.05, 0) is 0 Å². The topological polar surface area (TPSA) is 208 Å². The van der Waals surface area contributed by atoms with Gasteiger partial charge >= 0.3 is 30.2 Å². The molecule has 1 aliphatic heterocycles. The lowest BCUT2D eigenvalue weighted by Gasteiger charge is -2.18. The van der Waals surface area contributed by atoms with Crippen molar-refractivity contribution in [1.29, 1.82) is 0 Å². The Morgan fingerprint density at radius 2 is 1.00 bits per heavy atom. The molecule has 2 atom stereocenters. The van der Waals surface area contributed by atoms with E-state index in [-0.39, 0.29) is 0 Å². The zero-order chi connectivity index (χ0) is 17.5. The van der Waals surface area contributed by atoms with Crippen molar-refractivity contribution < 1.29 is 42.7 Å². The van der Waals surface area contributed by atoms with Crippen LogP contribution in [0.2, 0.25) is 0 Å². The van der Waals surface area contributed by atoms with Gasteiger partial charge in [0.05, 0.1) is 0 Å². The van der Waals surface area contributed by atoms with Crippen LogP contribution in [0, 0.1) is 40.5 Å². The van der Waals surface area contributed by atoms with Crippen LogP contribution in [0.15, 0.2) is 0 Å². The molecule has 1 rings (SSSR count). The van der Waals surface area contributed by atoms with E-state index in [9.17, 15) is 54.0 Å². The van der Waals surface area contributed by atoms with Gasteiger partial charge in [-0.15, -0.1) is 0 Å². The number of carbonyl (C=O) groups is 1. The van der Waals surface area contributed by atoms with Crippen molar-refractivity contribution in [2.75, 3.05) is 0 Å². The highest BCUT2D eigenvalue weighted by Gasteiger charge is 2.85. The lowest BCUT2D eigenvalue weighted by atomic mass is 10.1. The summed E-state index contributed by atoms with van der Waals surface area (Å²) in [6, 6.07) is 0.